The van der Waals surface area contributed by atoms with Crippen molar-refractivity contribution < 1.29 is 0 Å². The lowest BCUT2D eigenvalue weighted by Gasteiger charge is -2.32. The number of fused-ring (bicyclic) bond motifs is 10. The van der Waals surface area contributed by atoms with E-state index >= 15 is 0 Å². The Bertz CT molecular complexity index is 3190. The van der Waals surface area contributed by atoms with E-state index < -0.39 is 5.41 Å². The summed E-state index contributed by atoms with van der Waals surface area (Å²) in [6.07, 6.45) is 0. The van der Waals surface area contributed by atoms with Crippen molar-refractivity contribution in [2.24, 2.45) is 0 Å². The molecule has 0 bridgehead atoms. The molecule has 0 atom stereocenters. The Labute approximate surface area is 363 Å². The maximum absolute atomic E-state index is 2.48. The molecule has 0 saturated heterocycles. The standard InChI is InChI=1S/C61H41N/c1-4-16-42(17-5-1)44-28-30-47(31-29-44)51-38-36-49(40-56(51)46-20-8-3-9-21-46)62(48-34-32-45(33-35-48)43-18-6-2-7-19-43)50-37-39-55-54-24-12-15-27-59(54)61(60(55)41-50)57-25-13-10-22-52(57)53-23-11-14-26-58(53)61/h1-41H. The van der Waals surface area contributed by atoms with E-state index in [1.807, 2.05) is 0 Å². The first-order valence-corrected chi connectivity index (χ1v) is 21.5. The fourth-order valence-electron chi connectivity index (χ4n) is 10.4. The van der Waals surface area contributed by atoms with Gasteiger partial charge < -0.3 is 4.90 Å². The van der Waals surface area contributed by atoms with Crippen molar-refractivity contribution in [3.63, 3.8) is 0 Å². The molecule has 0 radical (unpaired) electrons. The number of nitrogens with zero attached hydrogens (tertiary/aromatic N) is 1. The third-order valence-electron chi connectivity index (χ3n) is 13.1. The number of rotatable bonds is 7. The lowest BCUT2D eigenvalue weighted by Crippen LogP contribution is -2.26. The van der Waals surface area contributed by atoms with Crippen LogP contribution in [0.25, 0.3) is 66.8 Å². The van der Waals surface area contributed by atoms with Gasteiger partial charge in [0.25, 0.3) is 0 Å². The maximum atomic E-state index is 2.48. The molecule has 1 spiro atoms. The molecule has 1 nitrogen and oxygen atoms in total. The van der Waals surface area contributed by atoms with Crippen molar-refractivity contribution in [1.82, 2.24) is 0 Å². The summed E-state index contributed by atoms with van der Waals surface area (Å²) in [5.74, 6) is 0. The molecule has 62 heavy (non-hydrogen) atoms. The molecule has 0 saturated carbocycles. The summed E-state index contributed by atoms with van der Waals surface area (Å²) in [7, 11) is 0. The van der Waals surface area contributed by atoms with Crippen LogP contribution >= 0.6 is 0 Å². The summed E-state index contributed by atoms with van der Waals surface area (Å²) >= 11 is 0. The number of hydrogen-bond donors (Lipinski definition) is 0. The van der Waals surface area contributed by atoms with Gasteiger partial charge in [-0.2, -0.15) is 0 Å². The molecule has 10 aromatic carbocycles. The molecule has 0 aromatic heterocycles. The van der Waals surface area contributed by atoms with Crippen molar-refractivity contribution in [2.75, 3.05) is 4.90 Å². The summed E-state index contributed by atoms with van der Waals surface area (Å²) in [5, 5.41) is 0. The second kappa shape index (κ2) is 14.6. The zero-order valence-electron chi connectivity index (χ0n) is 34.1. The first-order chi connectivity index (χ1) is 30.8. The lowest BCUT2D eigenvalue weighted by molar-refractivity contribution is 0.793. The zero-order valence-corrected chi connectivity index (χ0v) is 34.1. The predicted octanol–water partition coefficient (Wildman–Crippen LogP) is 16.2. The Hall–Kier alpha value is -8.00. The second-order valence-electron chi connectivity index (χ2n) is 16.4. The van der Waals surface area contributed by atoms with Crippen LogP contribution < -0.4 is 4.90 Å². The number of hydrogen-bond acceptors (Lipinski definition) is 1. The van der Waals surface area contributed by atoms with Gasteiger partial charge in [-0.05, 0) is 125 Å². The van der Waals surface area contributed by atoms with Crippen molar-refractivity contribution in [3.8, 4) is 66.8 Å². The van der Waals surface area contributed by atoms with E-state index in [1.165, 1.54) is 89.0 Å². The van der Waals surface area contributed by atoms with E-state index in [2.05, 4.69) is 254 Å². The molecule has 0 N–H and O–H groups in total. The zero-order chi connectivity index (χ0) is 41.0. The first-order valence-electron chi connectivity index (χ1n) is 21.5. The van der Waals surface area contributed by atoms with Crippen LogP contribution in [0, 0.1) is 0 Å². The average molecular weight is 788 g/mol. The Morgan fingerprint density at radius 3 is 1.06 bits per heavy atom. The Morgan fingerprint density at radius 1 is 0.210 bits per heavy atom. The molecule has 10 aromatic rings. The summed E-state index contributed by atoms with van der Waals surface area (Å²) in [4.78, 5) is 2.45. The van der Waals surface area contributed by atoms with E-state index in [-0.39, 0.29) is 0 Å². The molecule has 1 heteroatoms. The van der Waals surface area contributed by atoms with Gasteiger partial charge in [-0.25, -0.2) is 0 Å². The van der Waals surface area contributed by atoms with Crippen LogP contribution in [-0.4, -0.2) is 0 Å². The van der Waals surface area contributed by atoms with Crippen LogP contribution in [0.15, 0.2) is 249 Å². The highest BCUT2D eigenvalue weighted by Crippen LogP contribution is 2.63. The fourth-order valence-corrected chi connectivity index (χ4v) is 10.4. The quantitative estimate of drug-likeness (QED) is 0.155. The Kier molecular flexibility index (Phi) is 8.47. The van der Waals surface area contributed by atoms with Gasteiger partial charge in [-0.3, -0.25) is 0 Å². The van der Waals surface area contributed by atoms with E-state index in [0.717, 1.165) is 17.1 Å². The fraction of sp³-hybridized carbons (Fsp3) is 0.0164. The summed E-state index contributed by atoms with van der Waals surface area (Å²) in [5.41, 5.74) is 23.0. The van der Waals surface area contributed by atoms with Gasteiger partial charge in [0.2, 0.25) is 0 Å². The van der Waals surface area contributed by atoms with Gasteiger partial charge in [0, 0.05) is 17.1 Å². The first kappa shape index (κ1) is 35.9. The average Bonchev–Trinajstić information content (AvgIpc) is 3.82. The predicted molar refractivity (Wildman–Crippen MR) is 259 cm³/mol. The highest BCUT2D eigenvalue weighted by atomic mass is 15.1. The molecule has 12 rings (SSSR count). The van der Waals surface area contributed by atoms with E-state index in [1.54, 1.807) is 0 Å². The van der Waals surface area contributed by atoms with Gasteiger partial charge >= 0.3 is 0 Å². The molecular formula is C61H41N. The molecule has 0 amide bonds. The van der Waals surface area contributed by atoms with Crippen molar-refractivity contribution >= 4 is 17.1 Å². The summed E-state index contributed by atoms with van der Waals surface area (Å²) in [6, 6.07) is 91.5. The Balaban J connectivity index is 1.07. The van der Waals surface area contributed by atoms with Crippen LogP contribution in [0.1, 0.15) is 22.3 Å². The largest absolute Gasteiger partial charge is 0.310 e. The van der Waals surface area contributed by atoms with Crippen molar-refractivity contribution in [3.05, 3.63) is 271 Å². The lowest BCUT2D eigenvalue weighted by atomic mass is 9.70. The van der Waals surface area contributed by atoms with E-state index in [0.29, 0.717) is 0 Å². The minimum atomic E-state index is -0.442. The molecule has 0 heterocycles. The van der Waals surface area contributed by atoms with Gasteiger partial charge in [-0.15, -0.1) is 0 Å². The van der Waals surface area contributed by atoms with Crippen LogP contribution in [0.2, 0.25) is 0 Å². The highest BCUT2D eigenvalue weighted by molar-refractivity contribution is 5.97. The third kappa shape index (κ3) is 5.63. The van der Waals surface area contributed by atoms with Gasteiger partial charge in [-0.1, -0.05) is 212 Å². The molecular weight excluding hydrogens is 747 g/mol. The summed E-state index contributed by atoms with van der Waals surface area (Å²) in [6.45, 7) is 0. The molecule has 290 valence electrons. The molecule has 2 aliphatic rings. The molecule has 2 aliphatic carbocycles. The van der Waals surface area contributed by atoms with Crippen LogP contribution in [-0.2, 0) is 5.41 Å². The summed E-state index contributed by atoms with van der Waals surface area (Å²) < 4.78 is 0. The highest BCUT2D eigenvalue weighted by Gasteiger charge is 2.51. The molecule has 0 unspecified atom stereocenters. The topological polar surface area (TPSA) is 3.24 Å². The molecule has 0 fully saturated rings. The van der Waals surface area contributed by atoms with Gasteiger partial charge in [0.1, 0.15) is 0 Å². The van der Waals surface area contributed by atoms with Crippen LogP contribution in [0.5, 0.6) is 0 Å². The molecule has 0 aliphatic heterocycles. The second-order valence-corrected chi connectivity index (χ2v) is 16.4. The smallest absolute Gasteiger partial charge is 0.0726 e. The van der Waals surface area contributed by atoms with E-state index in [9.17, 15) is 0 Å². The number of anilines is 3. The van der Waals surface area contributed by atoms with Crippen molar-refractivity contribution in [1.29, 1.82) is 0 Å². The minimum absolute atomic E-state index is 0.442. The monoisotopic (exact) mass is 787 g/mol. The third-order valence-corrected chi connectivity index (χ3v) is 13.1. The SMILES string of the molecule is c1ccc(-c2ccc(-c3ccc(N(c4ccc(-c5ccccc5)cc4)c4ccc5c(c4)C4(c6ccccc6-c6ccccc64)c4ccccc4-5)cc3-c3ccccc3)cc2)cc1. The van der Waals surface area contributed by atoms with E-state index in [4.69, 9.17) is 0 Å². The van der Waals surface area contributed by atoms with Crippen LogP contribution in [0.4, 0.5) is 17.1 Å². The van der Waals surface area contributed by atoms with Crippen LogP contribution in [0.3, 0.4) is 0 Å². The van der Waals surface area contributed by atoms with Gasteiger partial charge in [0.15, 0.2) is 0 Å². The Morgan fingerprint density at radius 2 is 0.548 bits per heavy atom. The minimum Gasteiger partial charge on any atom is -0.310 e. The number of benzene rings is 10. The van der Waals surface area contributed by atoms with Crippen molar-refractivity contribution in [2.45, 2.75) is 5.41 Å². The normalized spacial score (nSPS) is 12.6. The maximum Gasteiger partial charge on any atom is 0.0726 e. The van der Waals surface area contributed by atoms with Gasteiger partial charge in [0.05, 0.1) is 5.41 Å².